The van der Waals surface area contributed by atoms with E-state index in [1.165, 1.54) is 33.0 Å². The number of fused-ring (bicyclic) bond motifs is 5. The number of rotatable bonds is 6. The number of para-hydroxylation sites is 1. The molecule has 0 bridgehead atoms. The van der Waals surface area contributed by atoms with E-state index < -0.39 is 0 Å². The van der Waals surface area contributed by atoms with Crippen molar-refractivity contribution in [2.45, 2.75) is 25.2 Å². The van der Waals surface area contributed by atoms with Crippen LogP contribution < -0.4 is 0 Å². The number of benzene rings is 7. The Kier molecular flexibility index (Phi) is 7.68. The third kappa shape index (κ3) is 5.77. The zero-order chi connectivity index (χ0) is 35.1. The summed E-state index contributed by atoms with van der Waals surface area (Å²) in [6.07, 6.45) is 2.67. The van der Waals surface area contributed by atoms with Gasteiger partial charge in [-0.05, 0) is 82.1 Å². The maximum Gasteiger partial charge on any atom is 0.163 e. The Morgan fingerprint density at radius 1 is 0.509 bits per heavy atom. The van der Waals surface area contributed by atoms with Crippen LogP contribution in [0.4, 0.5) is 0 Å². The molecule has 7 aromatic carbocycles. The van der Waals surface area contributed by atoms with Gasteiger partial charge in [-0.1, -0.05) is 140 Å². The van der Waals surface area contributed by atoms with Crippen molar-refractivity contribution in [1.29, 1.82) is 0 Å². The average Bonchev–Trinajstić information content (AvgIpc) is 3.53. The lowest BCUT2D eigenvalue weighted by atomic mass is 9.88. The van der Waals surface area contributed by atoms with Crippen LogP contribution in [0.5, 0.6) is 0 Å². The summed E-state index contributed by atoms with van der Waals surface area (Å²) in [5.41, 5.74) is 11.6. The molecule has 252 valence electrons. The van der Waals surface area contributed by atoms with E-state index in [2.05, 4.69) is 138 Å². The van der Waals surface area contributed by atoms with Crippen LogP contribution in [0, 0.1) is 0 Å². The zero-order valence-corrected chi connectivity index (χ0v) is 29.1. The molecule has 0 amide bonds. The van der Waals surface area contributed by atoms with Gasteiger partial charge in [-0.2, -0.15) is 0 Å². The van der Waals surface area contributed by atoms with Crippen LogP contribution in [0.3, 0.4) is 0 Å². The van der Waals surface area contributed by atoms with Crippen molar-refractivity contribution in [2.75, 3.05) is 0 Å². The van der Waals surface area contributed by atoms with Crippen LogP contribution >= 0.6 is 0 Å². The number of aromatic nitrogens is 5. The van der Waals surface area contributed by atoms with Crippen LogP contribution in [0.1, 0.15) is 29.3 Å². The van der Waals surface area contributed by atoms with Gasteiger partial charge in [0.1, 0.15) is 11.6 Å². The molecule has 2 heterocycles. The van der Waals surface area contributed by atoms with E-state index in [9.17, 15) is 0 Å². The predicted molar refractivity (Wildman–Crippen MR) is 215 cm³/mol. The Morgan fingerprint density at radius 2 is 1.09 bits per heavy atom. The van der Waals surface area contributed by atoms with Crippen LogP contribution in [0.25, 0.3) is 72.8 Å². The van der Waals surface area contributed by atoms with Gasteiger partial charge in [0.2, 0.25) is 0 Å². The van der Waals surface area contributed by atoms with Crippen molar-refractivity contribution in [3.8, 4) is 51.0 Å². The molecule has 0 radical (unpaired) electrons. The minimum atomic E-state index is 0.243. The molecule has 53 heavy (non-hydrogen) atoms. The van der Waals surface area contributed by atoms with E-state index in [4.69, 9.17) is 19.9 Å². The Hall–Kier alpha value is -6.72. The van der Waals surface area contributed by atoms with Gasteiger partial charge in [-0.3, -0.25) is 4.57 Å². The molecule has 0 aliphatic heterocycles. The molecular formula is C48H35N5. The van der Waals surface area contributed by atoms with Crippen molar-refractivity contribution >= 4 is 21.8 Å². The quantitative estimate of drug-likeness (QED) is 0.175. The highest BCUT2D eigenvalue weighted by molar-refractivity contribution is 6.00. The Balaban J connectivity index is 1.08. The van der Waals surface area contributed by atoms with Crippen molar-refractivity contribution in [3.05, 3.63) is 187 Å². The Bertz CT molecular complexity index is 2680. The summed E-state index contributed by atoms with van der Waals surface area (Å²) in [4.78, 5) is 20.3. The summed E-state index contributed by atoms with van der Waals surface area (Å²) in [6.45, 7) is 0. The van der Waals surface area contributed by atoms with Crippen LogP contribution in [-0.4, -0.2) is 24.5 Å². The van der Waals surface area contributed by atoms with Crippen molar-refractivity contribution in [2.24, 2.45) is 0 Å². The van der Waals surface area contributed by atoms with Gasteiger partial charge in [-0.25, -0.2) is 19.9 Å². The van der Waals surface area contributed by atoms with Gasteiger partial charge in [-0.15, -0.1) is 0 Å². The standard InChI is InChI=1S/C48H35N5/c1-5-15-32(16-6-1)46-50-45(51-47(52-46)33-17-7-2-8-18-33)31-36-26-25-35-27-37-29-43-44(30-38(37)28-42(35)41-24-14-13-23-40(36)41)53(39-21-11-4-12-22-39)48(49-43)34-19-9-3-10-20-34/h1-24,27-30,36H,25-26,31H2. The summed E-state index contributed by atoms with van der Waals surface area (Å²) in [5, 5.41) is 2.42. The van der Waals surface area contributed by atoms with Gasteiger partial charge in [0.05, 0.1) is 11.0 Å². The summed E-state index contributed by atoms with van der Waals surface area (Å²) < 4.78 is 2.29. The molecule has 9 aromatic rings. The summed E-state index contributed by atoms with van der Waals surface area (Å²) in [5.74, 6) is 3.43. The topological polar surface area (TPSA) is 56.5 Å². The summed E-state index contributed by atoms with van der Waals surface area (Å²) in [6, 6.07) is 59.8. The molecule has 1 atom stereocenters. The molecule has 5 nitrogen and oxygen atoms in total. The van der Waals surface area contributed by atoms with E-state index in [1.54, 1.807) is 0 Å². The lowest BCUT2D eigenvalue weighted by Gasteiger charge is -2.18. The molecule has 0 N–H and O–H groups in total. The second-order valence-corrected chi connectivity index (χ2v) is 13.8. The molecule has 0 saturated heterocycles. The smallest absolute Gasteiger partial charge is 0.163 e. The maximum atomic E-state index is 5.24. The van der Waals surface area contributed by atoms with Crippen molar-refractivity contribution in [3.63, 3.8) is 0 Å². The highest BCUT2D eigenvalue weighted by atomic mass is 15.1. The first-order valence-electron chi connectivity index (χ1n) is 18.3. The molecule has 10 rings (SSSR count). The van der Waals surface area contributed by atoms with Gasteiger partial charge >= 0.3 is 0 Å². The molecule has 0 saturated carbocycles. The highest BCUT2D eigenvalue weighted by Gasteiger charge is 2.25. The van der Waals surface area contributed by atoms with E-state index in [0.29, 0.717) is 11.6 Å². The Labute approximate surface area is 308 Å². The number of hydrogen-bond donors (Lipinski definition) is 0. The molecule has 2 aromatic heterocycles. The van der Waals surface area contributed by atoms with E-state index in [1.807, 2.05) is 36.4 Å². The van der Waals surface area contributed by atoms with E-state index >= 15 is 0 Å². The monoisotopic (exact) mass is 681 g/mol. The summed E-state index contributed by atoms with van der Waals surface area (Å²) in [7, 11) is 0. The molecule has 1 aliphatic rings. The van der Waals surface area contributed by atoms with Crippen molar-refractivity contribution < 1.29 is 0 Å². The van der Waals surface area contributed by atoms with Gasteiger partial charge in [0, 0.05) is 28.8 Å². The molecule has 5 heteroatoms. The fourth-order valence-electron chi connectivity index (χ4n) is 7.96. The zero-order valence-electron chi connectivity index (χ0n) is 29.1. The fourth-order valence-corrected chi connectivity index (χ4v) is 7.96. The van der Waals surface area contributed by atoms with Gasteiger partial charge in [0.15, 0.2) is 11.6 Å². The van der Waals surface area contributed by atoms with Gasteiger partial charge < -0.3 is 0 Å². The lowest BCUT2D eigenvalue weighted by Crippen LogP contribution is -2.10. The molecular weight excluding hydrogens is 647 g/mol. The maximum absolute atomic E-state index is 5.24. The third-order valence-corrected chi connectivity index (χ3v) is 10.5. The van der Waals surface area contributed by atoms with Crippen LogP contribution in [0.15, 0.2) is 170 Å². The third-order valence-electron chi connectivity index (χ3n) is 10.5. The number of imidazole rings is 1. The highest BCUT2D eigenvalue weighted by Crippen LogP contribution is 2.42. The largest absolute Gasteiger partial charge is 0.292 e. The minimum absolute atomic E-state index is 0.243. The second-order valence-electron chi connectivity index (χ2n) is 13.8. The van der Waals surface area contributed by atoms with Gasteiger partial charge in [0.25, 0.3) is 0 Å². The average molecular weight is 682 g/mol. The second kappa shape index (κ2) is 13.1. The molecule has 0 fully saturated rings. The first-order valence-corrected chi connectivity index (χ1v) is 18.3. The van der Waals surface area contributed by atoms with Crippen LogP contribution in [0.2, 0.25) is 0 Å². The minimum Gasteiger partial charge on any atom is -0.292 e. The van der Waals surface area contributed by atoms with E-state index in [-0.39, 0.29) is 5.92 Å². The van der Waals surface area contributed by atoms with Crippen LogP contribution in [-0.2, 0) is 12.8 Å². The number of aryl methyl sites for hydroxylation is 1. The molecule has 1 aliphatic carbocycles. The fraction of sp³-hybridized carbons (Fsp3) is 0.0833. The normalized spacial score (nSPS) is 13.8. The van der Waals surface area contributed by atoms with Crippen molar-refractivity contribution in [1.82, 2.24) is 24.5 Å². The van der Waals surface area contributed by atoms with E-state index in [0.717, 1.165) is 64.3 Å². The first-order chi connectivity index (χ1) is 26.2. The number of nitrogens with zero attached hydrogens (tertiary/aromatic N) is 5. The molecule has 1 unspecified atom stereocenters. The predicted octanol–water partition coefficient (Wildman–Crippen LogP) is 11.3. The Morgan fingerprint density at radius 3 is 1.77 bits per heavy atom. The number of hydrogen-bond acceptors (Lipinski definition) is 4. The first kappa shape index (κ1) is 31.1. The summed E-state index contributed by atoms with van der Waals surface area (Å²) >= 11 is 0. The SMILES string of the molecule is c1ccc(-c2nc(CC3CCc4cc5cc6nc(-c7ccccc7)n(-c7ccccc7)c6cc5cc4-c4ccccc43)nc(-c3ccccc3)n2)cc1. The lowest BCUT2D eigenvalue weighted by molar-refractivity contribution is 0.608. The molecule has 0 spiro atoms.